The Morgan fingerprint density at radius 3 is 2.38 bits per heavy atom. The number of pyridine rings is 1. The standard InChI is InChI=1S/C36H44F3N5O6/c1-23-20-44(24(2)22-45)34(47)30-19-29(41-33(46)26-14-16-40-17-15-26)12-13-31(30)50-25(3)7-5-6-18-49-32(23)21-43(4)35(48)42-28-10-8-27(9-11-28)36(37,38)39/h8-17,19,23-25,32,45H,5-7,18,20-22H2,1-4H3,(H,41,46)(H,42,48)/t23-,24+,25-,32-/m0/s1. The molecule has 50 heavy (non-hydrogen) atoms. The Labute approximate surface area is 289 Å². The number of rotatable bonds is 7. The van der Waals surface area contributed by atoms with E-state index in [2.05, 4.69) is 15.6 Å². The molecule has 3 N–H and O–H groups in total. The highest BCUT2D eigenvalue weighted by atomic mass is 19.4. The number of nitrogens with one attached hydrogen (secondary N) is 2. The molecule has 0 saturated heterocycles. The van der Waals surface area contributed by atoms with Gasteiger partial charge in [0.05, 0.1) is 36.0 Å². The number of anilines is 2. The number of hydrogen-bond donors (Lipinski definition) is 3. The molecule has 4 atom stereocenters. The van der Waals surface area contributed by atoms with Gasteiger partial charge in [0.25, 0.3) is 11.8 Å². The number of likely N-dealkylation sites (N-methyl/N-ethyl adjacent to an activating group) is 1. The molecule has 2 aromatic carbocycles. The fourth-order valence-corrected chi connectivity index (χ4v) is 5.48. The second-order valence-corrected chi connectivity index (χ2v) is 12.6. The highest BCUT2D eigenvalue weighted by molar-refractivity contribution is 6.05. The van der Waals surface area contributed by atoms with Crippen LogP contribution < -0.4 is 15.4 Å². The summed E-state index contributed by atoms with van der Waals surface area (Å²) in [7, 11) is 1.55. The summed E-state index contributed by atoms with van der Waals surface area (Å²) >= 11 is 0. The van der Waals surface area contributed by atoms with Crippen LogP contribution in [-0.4, -0.2) is 89.3 Å². The molecular weight excluding hydrogens is 655 g/mol. The predicted octanol–water partition coefficient (Wildman–Crippen LogP) is 6.31. The first-order valence-electron chi connectivity index (χ1n) is 16.5. The van der Waals surface area contributed by atoms with Crippen LogP contribution in [-0.2, 0) is 10.9 Å². The van der Waals surface area contributed by atoms with Crippen LogP contribution in [0.5, 0.6) is 5.75 Å². The number of amides is 4. The van der Waals surface area contributed by atoms with Crippen LogP contribution in [0.4, 0.5) is 29.3 Å². The lowest BCUT2D eigenvalue weighted by Crippen LogP contribution is -2.48. The number of fused-ring (bicyclic) bond motifs is 1. The summed E-state index contributed by atoms with van der Waals surface area (Å²) in [6.45, 7) is 5.82. The van der Waals surface area contributed by atoms with Crippen molar-refractivity contribution in [2.75, 3.05) is 44.0 Å². The Kier molecular flexibility index (Phi) is 13.2. The maximum atomic E-state index is 14.3. The fraction of sp³-hybridized carbons (Fsp3) is 0.444. The maximum absolute atomic E-state index is 14.3. The number of alkyl halides is 3. The first-order valence-corrected chi connectivity index (χ1v) is 16.5. The molecule has 4 amide bonds. The van der Waals surface area contributed by atoms with Crippen molar-refractivity contribution in [3.8, 4) is 5.75 Å². The van der Waals surface area contributed by atoms with Crippen LogP contribution >= 0.6 is 0 Å². The Morgan fingerprint density at radius 2 is 1.72 bits per heavy atom. The molecule has 0 aliphatic carbocycles. The zero-order valence-corrected chi connectivity index (χ0v) is 28.6. The first kappa shape index (κ1) is 38.1. The van der Waals surface area contributed by atoms with Gasteiger partial charge >= 0.3 is 12.2 Å². The van der Waals surface area contributed by atoms with E-state index >= 15 is 0 Å². The quantitative estimate of drug-likeness (QED) is 0.263. The van der Waals surface area contributed by atoms with Gasteiger partial charge in [0.2, 0.25) is 0 Å². The van der Waals surface area contributed by atoms with E-state index in [0.29, 0.717) is 36.4 Å². The molecule has 0 bridgehead atoms. The van der Waals surface area contributed by atoms with Gasteiger partial charge in [0.15, 0.2) is 0 Å². The van der Waals surface area contributed by atoms with Gasteiger partial charge in [0, 0.05) is 62.0 Å². The molecule has 0 spiro atoms. The highest BCUT2D eigenvalue weighted by Gasteiger charge is 2.32. The molecule has 0 unspecified atom stereocenters. The number of aliphatic hydroxyl groups is 1. The lowest BCUT2D eigenvalue weighted by molar-refractivity contribution is -0.137. The molecule has 0 saturated carbocycles. The second-order valence-electron chi connectivity index (χ2n) is 12.6. The van der Waals surface area contributed by atoms with Gasteiger partial charge in [-0.2, -0.15) is 13.2 Å². The summed E-state index contributed by atoms with van der Waals surface area (Å²) in [4.78, 5) is 47.1. The lowest BCUT2D eigenvalue weighted by Gasteiger charge is -2.35. The number of benzene rings is 2. The fourth-order valence-electron chi connectivity index (χ4n) is 5.48. The van der Waals surface area contributed by atoms with Crippen LogP contribution in [0.1, 0.15) is 66.3 Å². The first-order chi connectivity index (χ1) is 23.8. The zero-order valence-electron chi connectivity index (χ0n) is 28.6. The number of aliphatic hydroxyl groups excluding tert-OH is 1. The zero-order chi connectivity index (χ0) is 36.4. The molecule has 1 aliphatic heterocycles. The normalized spacial score (nSPS) is 19.7. The van der Waals surface area contributed by atoms with E-state index in [4.69, 9.17) is 9.47 Å². The van der Waals surface area contributed by atoms with Crippen molar-refractivity contribution < 1.29 is 42.1 Å². The summed E-state index contributed by atoms with van der Waals surface area (Å²) < 4.78 is 51.5. The summed E-state index contributed by atoms with van der Waals surface area (Å²) in [6, 6.07) is 11.0. The van der Waals surface area contributed by atoms with Crippen molar-refractivity contribution in [3.63, 3.8) is 0 Å². The molecule has 270 valence electrons. The third-order valence-corrected chi connectivity index (χ3v) is 8.52. The molecule has 0 radical (unpaired) electrons. The van der Waals surface area contributed by atoms with Gasteiger partial charge < -0.3 is 35.0 Å². The number of ether oxygens (including phenoxy) is 2. The van der Waals surface area contributed by atoms with Crippen molar-refractivity contribution in [2.45, 2.75) is 64.5 Å². The van der Waals surface area contributed by atoms with Gasteiger partial charge in [-0.15, -0.1) is 0 Å². The largest absolute Gasteiger partial charge is 0.490 e. The van der Waals surface area contributed by atoms with Crippen molar-refractivity contribution in [3.05, 3.63) is 83.7 Å². The minimum atomic E-state index is -4.49. The Balaban J connectivity index is 1.57. The number of urea groups is 1. The van der Waals surface area contributed by atoms with Crippen LogP contribution in [0.3, 0.4) is 0 Å². The highest BCUT2D eigenvalue weighted by Crippen LogP contribution is 2.31. The lowest BCUT2D eigenvalue weighted by atomic mass is 10.0. The van der Waals surface area contributed by atoms with E-state index in [1.165, 1.54) is 34.3 Å². The van der Waals surface area contributed by atoms with E-state index < -0.39 is 35.8 Å². The number of carbonyl (C=O) groups excluding carboxylic acids is 3. The SMILES string of the molecule is C[C@H](CO)N1C[C@H](C)[C@H](CN(C)C(=O)Nc2ccc(C(F)(F)F)cc2)OCCCC[C@H](C)Oc2ccc(NC(=O)c3ccncc3)cc2C1=O. The Bertz CT molecular complexity index is 1590. The van der Waals surface area contributed by atoms with E-state index in [1.54, 1.807) is 44.3 Å². The molecule has 1 aromatic heterocycles. The molecule has 3 aromatic rings. The van der Waals surface area contributed by atoms with Gasteiger partial charge in [-0.1, -0.05) is 6.92 Å². The van der Waals surface area contributed by atoms with Gasteiger partial charge in [0.1, 0.15) is 5.75 Å². The number of hydrogen-bond acceptors (Lipinski definition) is 7. The maximum Gasteiger partial charge on any atom is 0.416 e. The van der Waals surface area contributed by atoms with Gasteiger partial charge in [-0.25, -0.2) is 4.79 Å². The predicted molar refractivity (Wildman–Crippen MR) is 182 cm³/mol. The van der Waals surface area contributed by atoms with Crippen molar-refractivity contribution >= 4 is 29.2 Å². The van der Waals surface area contributed by atoms with Crippen LogP contribution in [0, 0.1) is 5.92 Å². The number of halogens is 3. The molecule has 14 heteroatoms. The molecule has 1 aliphatic rings. The summed E-state index contributed by atoms with van der Waals surface area (Å²) in [5.41, 5.74) is 0.359. The molecule has 11 nitrogen and oxygen atoms in total. The second kappa shape index (κ2) is 17.3. The third kappa shape index (κ3) is 10.4. The molecule has 4 rings (SSSR count). The van der Waals surface area contributed by atoms with Gasteiger partial charge in [-0.05, 0) is 87.7 Å². The van der Waals surface area contributed by atoms with Crippen molar-refractivity contribution in [1.82, 2.24) is 14.8 Å². The summed E-state index contributed by atoms with van der Waals surface area (Å²) in [5.74, 6) is -0.799. The monoisotopic (exact) mass is 699 g/mol. The molecule has 0 fully saturated rings. The van der Waals surface area contributed by atoms with E-state index in [0.717, 1.165) is 18.6 Å². The van der Waals surface area contributed by atoms with E-state index in [9.17, 15) is 32.7 Å². The smallest absolute Gasteiger partial charge is 0.416 e. The molecular formula is C36H44F3N5O6. The number of carbonyl (C=O) groups is 3. The minimum Gasteiger partial charge on any atom is -0.490 e. The average Bonchev–Trinajstić information content (AvgIpc) is 3.09. The van der Waals surface area contributed by atoms with Crippen LogP contribution in [0.15, 0.2) is 67.0 Å². The summed E-state index contributed by atoms with van der Waals surface area (Å²) in [5, 5.41) is 15.6. The topological polar surface area (TPSA) is 133 Å². The van der Waals surface area contributed by atoms with E-state index in [-0.39, 0.29) is 48.9 Å². The Hall–Kier alpha value is -4.69. The van der Waals surface area contributed by atoms with Crippen molar-refractivity contribution in [1.29, 1.82) is 0 Å². The Morgan fingerprint density at radius 1 is 1.04 bits per heavy atom. The van der Waals surface area contributed by atoms with Crippen molar-refractivity contribution in [2.24, 2.45) is 5.92 Å². The van der Waals surface area contributed by atoms with Crippen LogP contribution in [0.25, 0.3) is 0 Å². The number of nitrogens with zero attached hydrogens (tertiary/aromatic N) is 3. The minimum absolute atomic E-state index is 0.116. The third-order valence-electron chi connectivity index (χ3n) is 8.52. The number of aromatic nitrogens is 1. The van der Waals surface area contributed by atoms with E-state index in [1.807, 2.05) is 13.8 Å². The summed E-state index contributed by atoms with van der Waals surface area (Å²) in [6.07, 6.45) is -0.122. The van der Waals surface area contributed by atoms with Gasteiger partial charge in [-0.3, -0.25) is 14.6 Å². The van der Waals surface area contributed by atoms with Crippen LogP contribution in [0.2, 0.25) is 0 Å². The molecule has 2 heterocycles. The average molecular weight is 700 g/mol.